The van der Waals surface area contributed by atoms with E-state index in [4.69, 9.17) is 16.3 Å². The highest BCUT2D eigenvalue weighted by Gasteiger charge is 2.18. The Balaban J connectivity index is 1.50. The Hall–Kier alpha value is -3.01. The monoisotopic (exact) mass is 512 g/mol. The first-order chi connectivity index (χ1) is 17.0. The van der Waals surface area contributed by atoms with E-state index < -0.39 is 12.0 Å². The van der Waals surface area contributed by atoms with Crippen molar-refractivity contribution < 1.29 is 19.7 Å². The molecule has 9 heteroatoms. The topological polar surface area (TPSA) is 101 Å². The minimum absolute atomic E-state index is 0.00433. The van der Waals surface area contributed by atoms with Crippen LogP contribution in [0.25, 0.3) is 10.2 Å². The Bertz CT molecular complexity index is 1350. The van der Waals surface area contributed by atoms with Crippen LogP contribution in [0.1, 0.15) is 32.5 Å². The smallest absolute Gasteiger partial charge is 0.257 e. The standard InChI is InChI=1S/C26H25ClN2O5S/c27-19-8-6-17(7-9-19)13-28-25(33)22-14-29(10-11-30)26-21(24(22)32)12-20(35-26)15-34-16-23(31)18-4-2-1-3-5-18/h1-9,12,14,23,30-31H,10-11,13,15-16H2,(H,28,33)/t23-/m1/s1. The third-order valence-electron chi connectivity index (χ3n) is 5.45. The molecule has 35 heavy (non-hydrogen) atoms. The number of nitrogens with zero attached hydrogens (tertiary/aromatic N) is 1. The zero-order chi connectivity index (χ0) is 24.8. The van der Waals surface area contributed by atoms with Gasteiger partial charge in [0.1, 0.15) is 16.5 Å². The van der Waals surface area contributed by atoms with E-state index >= 15 is 0 Å². The number of amides is 1. The number of hydrogen-bond donors (Lipinski definition) is 3. The van der Waals surface area contributed by atoms with Crippen LogP contribution in [0.4, 0.5) is 0 Å². The molecule has 0 fully saturated rings. The van der Waals surface area contributed by atoms with Crippen LogP contribution in [-0.4, -0.2) is 33.9 Å². The SMILES string of the molecule is O=C(NCc1ccc(Cl)cc1)c1cn(CCO)c2sc(COC[C@@H](O)c3ccccc3)cc2c1=O. The maximum absolute atomic E-state index is 13.1. The number of aromatic nitrogens is 1. The molecule has 4 rings (SSSR count). The highest BCUT2D eigenvalue weighted by molar-refractivity contribution is 7.18. The molecule has 1 amide bonds. The zero-order valence-electron chi connectivity index (χ0n) is 18.8. The summed E-state index contributed by atoms with van der Waals surface area (Å²) in [5.41, 5.74) is 1.24. The number of rotatable bonds is 10. The predicted octanol–water partition coefficient (Wildman–Crippen LogP) is 3.89. The van der Waals surface area contributed by atoms with Gasteiger partial charge in [0, 0.05) is 29.2 Å². The lowest BCUT2D eigenvalue weighted by molar-refractivity contribution is 0.0287. The Kier molecular flexibility index (Phi) is 8.33. The van der Waals surface area contributed by atoms with Gasteiger partial charge in [0.15, 0.2) is 0 Å². The van der Waals surface area contributed by atoms with Crippen molar-refractivity contribution in [1.29, 1.82) is 0 Å². The lowest BCUT2D eigenvalue weighted by atomic mass is 10.1. The second-order valence-corrected chi connectivity index (χ2v) is 9.52. The second kappa shape index (κ2) is 11.6. The molecule has 4 aromatic rings. The molecule has 0 unspecified atom stereocenters. The summed E-state index contributed by atoms with van der Waals surface area (Å²) in [5.74, 6) is -0.492. The van der Waals surface area contributed by atoms with E-state index in [0.717, 1.165) is 16.0 Å². The molecular weight excluding hydrogens is 488 g/mol. The maximum atomic E-state index is 13.1. The van der Waals surface area contributed by atoms with Crippen molar-refractivity contribution >= 4 is 39.1 Å². The summed E-state index contributed by atoms with van der Waals surface area (Å²) in [4.78, 5) is 27.4. The van der Waals surface area contributed by atoms with Crippen molar-refractivity contribution in [2.45, 2.75) is 25.8 Å². The van der Waals surface area contributed by atoms with Crippen molar-refractivity contribution in [1.82, 2.24) is 9.88 Å². The average Bonchev–Trinajstić information content (AvgIpc) is 3.30. The van der Waals surface area contributed by atoms with Crippen LogP contribution in [0.15, 0.2) is 71.7 Å². The van der Waals surface area contributed by atoms with Gasteiger partial charge in [-0.25, -0.2) is 0 Å². The van der Waals surface area contributed by atoms with Gasteiger partial charge in [-0.2, -0.15) is 0 Å². The fourth-order valence-electron chi connectivity index (χ4n) is 3.65. The molecular formula is C26H25ClN2O5S. The Morgan fingerprint density at radius 3 is 2.60 bits per heavy atom. The molecule has 182 valence electrons. The number of nitrogens with one attached hydrogen (secondary N) is 1. The highest BCUT2D eigenvalue weighted by Crippen LogP contribution is 2.25. The number of aliphatic hydroxyl groups excluding tert-OH is 2. The summed E-state index contributed by atoms with van der Waals surface area (Å²) in [6.45, 7) is 0.663. The summed E-state index contributed by atoms with van der Waals surface area (Å²) in [6, 6.07) is 18.0. The van der Waals surface area contributed by atoms with Crippen LogP contribution >= 0.6 is 22.9 Å². The number of halogens is 1. The Labute approximate surface area is 211 Å². The molecule has 2 heterocycles. The molecule has 0 radical (unpaired) electrons. The third kappa shape index (κ3) is 6.17. The average molecular weight is 513 g/mol. The first-order valence-electron chi connectivity index (χ1n) is 11.1. The van der Waals surface area contributed by atoms with Gasteiger partial charge in [0.25, 0.3) is 5.91 Å². The molecule has 1 atom stereocenters. The number of fused-ring (bicyclic) bond motifs is 1. The molecule has 7 nitrogen and oxygen atoms in total. The van der Waals surface area contributed by atoms with Crippen molar-refractivity contribution in [3.05, 3.63) is 104 Å². The van der Waals surface area contributed by atoms with Crippen molar-refractivity contribution in [2.24, 2.45) is 0 Å². The summed E-state index contributed by atoms with van der Waals surface area (Å²) < 4.78 is 7.40. The number of carbonyl (C=O) groups is 1. The molecule has 0 aliphatic rings. The van der Waals surface area contributed by atoms with Gasteiger partial charge in [0.2, 0.25) is 5.43 Å². The van der Waals surface area contributed by atoms with Crippen LogP contribution in [0.5, 0.6) is 0 Å². The molecule has 0 bridgehead atoms. The van der Waals surface area contributed by atoms with Gasteiger partial charge in [-0.3, -0.25) is 9.59 Å². The van der Waals surface area contributed by atoms with Gasteiger partial charge in [-0.1, -0.05) is 54.1 Å². The quantitative estimate of drug-likeness (QED) is 0.299. The number of carbonyl (C=O) groups excluding carboxylic acids is 1. The fourth-order valence-corrected chi connectivity index (χ4v) is 4.87. The van der Waals surface area contributed by atoms with Crippen molar-refractivity contribution in [3.8, 4) is 0 Å². The summed E-state index contributed by atoms with van der Waals surface area (Å²) >= 11 is 7.26. The number of hydrogen-bond acceptors (Lipinski definition) is 6. The summed E-state index contributed by atoms with van der Waals surface area (Å²) in [7, 11) is 0. The molecule has 0 aliphatic heterocycles. The number of benzene rings is 2. The molecule has 0 aliphatic carbocycles. The summed E-state index contributed by atoms with van der Waals surface area (Å²) in [6.07, 6.45) is 0.731. The van der Waals surface area contributed by atoms with Crippen LogP contribution in [0.2, 0.25) is 5.02 Å². The van der Waals surface area contributed by atoms with Gasteiger partial charge in [0.05, 0.1) is 25.2 Å². The minimum atomic E-state index is -0.754. The number of ether oxygens (including phenoxy) is 1. The van der Waals surface area contributed by atoms with E-state index in [1.165, 1.54) is 17.5 Å². The number of aliphatic hydroxyl groups is 2. The van der Waals surface area contributed by atoms with Crippen LogP contribution < -0.4 is 10.7 Å². The maximum Gasteiger partial charge on any atom is 0.257 e. The first kappa shape index (κ1) is 25.1. The first-order valence-corrected chi connectivity index (χ1v) is 12.3. The predicted molar refractivity (Wildman–Crippen MR) is 137 cm³/mol. The third-order valence-corrected chi connectivity index (χ3v) is 6.85. The van der Waals surface area contributed by atoms with Crippen molar-refractivity contribution in [2.75, 3.05) is 13.2 Å². The van der Waals surface area contributed by atoms with Gasteiger partial charge in [-0.15, -0.1) is 11.3 Å². The molecule has 0 saturated carbocycles. The number of thiophene rings is 1. The summed E-state index contributed by atoms with van der Waals surface area (Å²) in [5, 5.41) is 23.6. The van der Waals surface area contributed by atoms with Crippen molar-refractivity contribution in [3.63, 3.8) is 0 Å². The van der Waals surface area contributed by atoms with Crippen LogP contribution in [0, 0.1) is 0 Å². The van der Waals surface area contributed by atoms with E-state index in [1.807, 2.05) is 30.3 Å². The van der Waals surface area contributed by atoms with E-state index in [9.17, 15) is 19.8 Å². The molecule has 0 saturated heterocycles. The van der Waals surface area contributed by atoms with E-state index in [2.05, 4.69) is 5.32 Å². The van der Waals surface area contributed by atoms with Crippen LogP contribution in [0.3, 0.4) is 0 Å². The molecule has 0 spiro atoms. The van der Waals surface area contributed by atoms with Gasteiger partial charge >= 0.3 is 0 Å². The number of pyridine rings is 1. The molecule has 3 N–H and O–H groups in total. The lowest BCUT2D eigenvalue weighted by Crippen LogP contribution is -2.29. The largest absolute Gasteiger partial charge is 0.395 e. The lowest BCUT2D eigenvalue weighted by Gasteiger charge is -2.11. The Morgan fingerprint density at radius 2 is 1.89 bits per heavy atom. The normalized spacial score (nSPS) is 12.1. The van der Waals surface area contributed by atoms with Crippen LogP contribution in [-0.2, 0) is 24.4 Å². The Morgan fingerprint density at radius 1 is 1.14 bits per heavy atom. The highest BCUT2D eigenvalue weighted by atomic mass is 35.5. The van der Waals surface area contributed by atoms with E-state index in [0.29, 0.717) is 15.2 Å². The molecule has 2 aromatic heterocycles. The van der Waals surface area contributed by atoms with E-state index in [1.54, 1.807) is 34.9 Å². The van der Waals surface area contributed by atoms with Gasteiger partial charge < -0.3 is 24.8 Å². The minimum Gasteiger partial charge on any atom is -0.395 e. The fraction of sp³-hybridized carbons (Fsp3) is 0.231. The molecule has 2 aromatic carbocycles. The van der Waals surface area contributed by atoms with Gasteiger partial charge in [-0.05, 0) is 29.3 Å². The van der Waals surface area contributed by atoms with E-state index in [-0.39, 0.29) is 43.9 Å². The zero-order valence-corrected chi connectivity index (χ0v) is 20.4. The second-order valence-electron chi connectivity index (χ2n) is 7.97.